The minimum absolute atomic E-state index is 0.164. The molecule has 0 aliphatic carbocycles. The molecule has 36 heavy (non-hydrogen) atoms. The normalized spacial score (nSPS) is 19.5. The molecular formula is C27H40N4O5. The summed E-state index contributed by atoms with van der Waals surface area (Å²) in [6.45, 7) is 11.9. The number of piperidine rings is 1. The predicted octanol–water partition coefficient (Wildman–Crippen LogP) is 3.58. The molecule has 0 bridgehead atoms. The zero-order valence-corrected chi connectivity index (χ0v) is 22.1. The molecule has 0 spiro atoms. The van der Waals surface area contributed by atoms with Crippen LogP contribution in [0.25, 0.3) is 0 Å². The number of rotatable bonds is 7. The third-order valence-corrected chi connectivity index (χ3v) is 6.39. The fourth-order valence-electron chi connectivity index (χ4n) is 4.55. The summed E-state index contributed by atoms with van der Waals surface area (Å²) >= 11 is 0. The van der Waals surface area contributed by atoms with E-state index in [0.29, 0.717) is 37.6 Å². The van der Waals surface area contributed by atoms with Gasteiger partial charge in [-0.3, -0.25) is 5.01 Å². The first kappa shape index (κ1) is 27.6. The molecule has 3 N–H and O–H groups in total. The van der Waals surface area contributed by atoms with Crippen molar-refractivity contribution in [2.24, 2.45) is 11.8 Å². The number of amides is 1. The van der Waals surface area contributed by atoms with Gasteiger partial charge in [-0.05, 0) is 57.4 Å². The van der Waals surface area contributed by atoms with Crippen molar-refractivity contribution in [3.8, 4) is 5.75 Å². The molecule has 2 aliphatic rings. The van der Waals surface area contributed by atoms with Crippen LogP contribution in [-0.2, 0) is 16.0 Å². The lowest BCUT2D eigenvalue weighted by Gasteiger charge is -2.43. The quantitative estimate of drug-likeness (QED) is 0.433. The maximum absolute atomic E-state index is 12.5. The topological polar surface area (TPSA) is 101 Å². The third-order valence-electron chi connectivity index (χ3n) is 6.39. The van der Waals surface area contributed by atoms with E-state index in [1.54, 1.807) is 23.1 Å². The van der Waals surface area contributed by atoms with E-state index in [1.165, 1.54) is 7.11 Å². The second-order valence-electron chi connectivity index (χ2n) is 10.0. The summed E-state index contributed by atoms with van der Waals surface area (Å²) in [5.41, 5.74) is 2.00. The molecule has 0 radical (unpaired) electrons. The van der Waals surface area contributed by atoms with Gasteiger partial charge in [-0.1, -0.05) is 24.8 Å². The largest absolute Gasteiger partial charge is 0.497 e. The summed E-state index contributed by atoms with van der Waals surface area (Å²) < 4.78 is 16.0. The summed E-state index contributed by atoms with van der Waals surface area (Å²) in [5.74, 6) is 8.31. The van der Waals surface area contributed by atoms with Gasteiger partial charge in [-0.2, -0.15) is 0 Å². The zero-order valence-electron chi connectivity index (χ0n) is 22.1. The number of nitrogens with zero attached hydrogens (tertiary/aromatic N) is 3. The Bertz CT molecular complexity index is 975. The molecule has 1 unspecified atom stereocenters. The van der Waals surface area contributed by atoms with E-state index in [9.17, 15) is 9.90 Å². The third kappa shape index (κ3) is 6.60. The van der Waals surface area contributed by atoms with Crippen LogP contribution >= 0.6 is 0 Å². The highest BCUT2D eigenvalue weighted by Crippen LogP contribution is 2.34. The summed E-state index contributed by atoms with van der Waals surface area (Å²) in [5, 5.41) is 12.2. The van der Waals surface area contributed by atoms with E-state index in [0.717, 1.165) is 29.9 Å². The van der Waals surface area contributed by atoms with Crippen molar-refractivity contribution in [1.82, 2.24) is 14.8 Å². The fourth-order valence-corrected chi connectivity index (χ4v) is 4.55. The molecule has 1 atom stereocenters. The lowest BCUT2D eigenvalue weighted by atomic mass is 9.91. The van der Waals surface area contributed by atoms with Crippen molar-refractivity contribution >= 4 is 6.09 Å². The standard InChI is InChI=1S/C27H40N4O5/c1-7-22(25(32)35-6)24-30(18-19-8-10-21(34-5)11-9-19)17-14-23(31(24)28)20-12-15-29(16-13-20)26(33)36-27(2,3)4/h7-11,14,20,25,32H,1,12-13,15-18,28H2,2-6H3/b24-22+. The Morgan fingerprint density at radius 3 is 2.39 bits per heavy atom. The fraction of sp³-hybridized carbons (Fsp3) is 0.519. The number of allylic oxidation sites excluding steroid dienone is 1. The smallest absolute Gasteiger partial charge is 0.410 e. The first-order chi connectivity index (χ1) is 17.1. The van der Waals surface area contributed by atoms with Crippen LogP contribution in [0.1, 0.15) is 39.2 Å². The molecule has 9 heteroatoms. The molecule has 2 aliphatic heterocycles. The molecule has 1 aromatic rings. The molecule has 9 nitrogen and oxygen atoms in total. The number of hydrogen-bond acceptors (Lipinski definition) is 8. The van der Waals surface area contributed by atoms with Gasteiger partial charge in [-0.15, -0.1) is 0 Å². The average molecular weight is 501 g/mol. The monoisotopic (exact) mass is 500 g/mol. The van der Waals surface area contributed by atoms with Crippen molar-refractivity contribution in [1.29, 1.82) is 0 Å². The molecule has 3 rings (SSSR count). The molecule has 1 fully saturated rings. The van der Waals surface area contributed by atoms with E-state index < -0.39 is 11.9 Å². The highest BCUT2D eigenvalue weighted by Gasteiger charge is 2.34. The van der Waals surface area contributed by atoms with Crippen molar-refractivity contribution < 1.29 is 24.1 Å². The van der Waals surface area contributed by atoms with Crippen LogP contribution in [0.5, 0.6) is 5.75 Å². The van der Waals surface area contributed by atoms with Crippen molar-refractivity contribution in [3.05, 3.63) is 65.7 Å². The first-order valence-corrected chi connectivity index (χ1v) is 12.3. The minimum Gasteiger partial charge on any atom is -0.497 e. The van der Waals surface area contributed by atoms with Crippen LogP contribution in [0.2, 0.25) is 0 Å². The Balaban J connectivity index is 1.82. The number of benzene rings is 1. The Kier molecular flexibility index (Phi) is 9.05. The number of carbonyl (C=O) groups is 1. The van der Waals surface area contributed by atoms with Crippen LogP contribution in [0, 0.1) is 5.92 Å². The Labute approximate surface area is 214 Å². The number of methoxy groups -OCH3 is 2. The van der Waals surface area contributed by atoms with Gasteiger partial charge in [0.15, 0.2) is 6.29 Å². The number of aliphatic hydroxyl groups is 1. The summed E-state index contributed by atoms with van der Waals surface area (Å²) in [6.07, 6.45) is 3.78. The average Bonchev–Trinajstić information content (AvgIpc) is 2.85. The second kappa shape index (κ2) is 11.8. The van der Waals surface area contributed by atoms with Crippen LogP contribution in [0.3, 0.4) is 0 Å². The van der Waals surface area contributed by atoms with Crippen LogP contribution in [-0.4, -0.2) is 71.8 Å². The molecule has 1 saturated heterocycles. The summed E-state index contributed by atoms with van der Waals surface area (Å²) in [4.78, 5) is 16.3. The van der Waals surface area contributed by atoms with Crippen molar-refractivity contribution in [3.63, 3.8) is 0 Å². The number of ether oxygens (including phenoxy) is 3. The van der Waals surface area contributed by atoms with E-state index in [4.69, 9.17) is 20.1 Å². The molecule has 1 amide bonds. The molecule has 2 heterocycles. The van der Waals surface area contributed by atoms with Gasteiger partial charge in [0.05, 0.1) is 7.11 Å². The minimum atomic E-state index is -1.17. The number of hydrazine groups is 1. The van der Waals surface area contributed by atoms with Crippen LogP contribution < -0.4 is 10.6 Å². The highest BCUT2D eigenvalue weighted by atomic mass is 16.6. The van der Waals surface area contributed by atoms with Gasteiger partial charge in [0.2, 0.25) is 0 Å². The lowest BCUT2D eigenvalue weighted by Crippen LogP contribution is -2.48. The Morgan fingerprint density at radius 1 is 1.22 bits per heavy atom. The summed E-state index contributed by atoms with van der Waals surface area (Å²) in [7, 11) is 3.08. The van der Waals surface area contributed by atoms with Gasteiger partial charge in [-0.25, -0.2) is 10.6 Å². The first-order valence-electron chi connectivity index (χ1n) is 12.3. The Hall–Kier alpha value is -3.01. The van der Waals surface area contributed by atoms with Gasteiger partial charge in [0.1, 0.15) is 17.2 Å². The number of likely N-dealkylation sites (tertiary alicyclic amines) is 1. The second-order valence-corrected chi connectivity index (χ2v) is 10.0. The van der Waals surface area contributed by atoms with Gasteiger partial charge in [0, 0.05) is 50.5 Å². The van der Waals surface area contributed by atoms with Crippen molar-refractivity contribution in [2.45, 2.75) is 52.0 Å². The predicted molar refractivity (Wildman–Crippen MR) is 138 cm³/mol. The molecule has 0 saturated carbocycles. The number of carbonyl (C=O) groups excluding carboxylic acids is 1. The molecule has 1 aromatic carbocycles. The zero-order chi connectivity index (χ0) is 26.5. The maximum Gasteiger partial charge on any atom is 0.410 e. The van der Waals surface area contributed by atoms with Crippen LogP contribution in [0.4, 0.5) is 4.79 Å². The van der Waals surface area contributed by atoms with Gasteiger partial charge < -0.3 is 29.1 Å². The highest BCUT2D eigenvalue weighted by molar-refractivity contribution is 5.68. The van der Waals surface area contributed by atoms with Gasteiger partial charge in [0.25, 0.3) is 0 Å². The number of hydrogen-bond donors (Lipinski definition) is 2. The SMILES string of the molecule is C=C/C(=C1/N(Cc2ccc(OC)cc2)CC=C(C2CCN(C(=O)OC(C)(C)C)CC2)N1N)C(O)OC. The van der Waals surface area contributed by atoms with E-state index in [-0.39, 0.29) is 12.0 Å². The Morgan fingerprint density at radius 2 is 1.86 bits per heavy atom. The van der Waals surface area contributed by atoms with Crippen LogP contribution in [0.15, 0.2) is 60.1 Å². The number of nitrogens with two attached hydrogens (primary N) is 1. The van der Waals surface area contributed by atoms with E-state index in [2.05, 4.69) is 17.6 Å². The van der Waals surface area contributed by atoms with E-state index >= 15 is 0 Å². The molecule has 198 valence electrons. The lowest BCUT2D eigenvalue weighted by molar-refractivity contribution is -0.0459. The molecular weight excluding hydrogens is 460 g/mol. The molecule has 0 aromatic heterocycles. The summed E-state index contributed by atoms with van der Waals surface area (Å²) in [6, 6.07) is 7.84. The van der Waals surface area contributed by atoms with E-state index in [1.807, 2.05) is 45.0 Å². The van der Waals surface area contributed by atoms with Crippen molar-refractivity contribution in [2.75, 3.05) is 33.9 Å². The van der Waals surface area contributed by atoms with Gasteiger partial charge >= 0.3 is 6.09 Å². The maximum atomic E-state index is 12.5. The number of aliphatic hydroxyl groups excluding tert-OH is 1.